The Hall–Kier alpha value is -1.18. The molecule has 7 heteroatoms. The van der Waals surface area contributed by atoms with Gasteiger partial charge in [0.05, 0.1) is 11.2 Å². The van der Waals surface area contributed by atoms with E-state index in [1.807, 2.05) is 55.4 Å². The van der Waals surface area contributed by atoms with Crippen molar-refractivity contribution in [2.45, 2.75) is 162 Å². The van der Waals surface area contributed by atoms with E-state index in [1.165, 1.54) is 0 Å². The summed E-state index contributed by atoms with van der Waals surface area (Å²) in [6.07, 6.45) is 3.72. The van der Waals surface area contributed by atoms with E-state index in [4.69, 9.17) is 18.9 Å². The van der Waals surface area contributed by atoms with Crippen LogP contribution in [0.1, 0.15) is 128 Å². The third-order valence-corrected chi connectivity index (χ3v) is 6.61. The van der Waals surface area contributed by atoms with Gasteiger partial charge in [-0.25, -0.2) is 0 Å². The number of hydrogen-bond acceptors (Lipinski definition) is 7. The molecule has 0 atom stereocenters. The van der Waals surface area contributed by atoms with E-state index >= 15 is 0 Å². The van der Waals surface area contributed by atoms with Crippen molar-refractivity contribution < 1.29 is 28.5 Å². The van der Waals surface area contributed by atoms with Crippen LogP contribution < -0.4 is 5.32 Å². The minimum Gasteiger partial charge on any atom is -0.459 e. The molecule has 7 nitrogen and oxygen atoms in total. The summed E-state index contributed by atoms with van der Waals surface area (Å²) in [6, 6.07) is 0. The Balaban J connectivity index is 2.99. The fraction of sp³-hybridized carbons (Fsp3) is 0.931. The minimum atomic E-state index is -0.770. The number of hydrogen-bond donors (Lipinski definition) is 1. The molecule has 0 amide bonds. The van der Waals surface area contributed by atoms with E-state index < -0.39 is 22.4 Å². The highest BCUT2D eigenvalue weighted by molar-refractivity contribution is 5.70. The largest absolute Gasteiger partial charge is 0.459 e. The number of ether oxygens (including phenoxy) is 4. The molecular weight excluding hydrogens is 458 g/mol. The van der Waals surface area contributed by atoms with Crippen LogP contribution in [-0.4, -0.2) is 58.6 Å². The van der Waals surface area contributed by atoms with E-state index in [2.05, 4.69) is 33.0 Å². The molecule has 1 N–H and O–H groups in total. The average Bonchev–Trinajstić information content (AvgIpc) is 2.61. The molecule has 1 saturated heterocycles. The lowest BCUT2D eigenvalue weighted by molar-refractivity contribution is -0.172. The van der Waals surface area contributed by atoms with Crippen LogP contribution >= 0.6 is 0 Å². The van der Waals surface area contributed by atoms with E-state index in [0.29, 0.717) is 32.5 Å². The topological polar surface area (TPSA) is 83.1 Å². The Morgan fingerprint density at radius 1 is 0.528 bits per heavy atom. The molecule has 0 unspecified atom stereocenters. The van der Waals surface area contributed by atoms with Gasteiger partial charge in [-0.1, -0.05) is 0 Å². The van der Waals surface area contributed by atoms with Gasteiger partial charge in [-0.2, -0.15) is 0 Å². The molecule has 36 heavy (non-hydrogen) atoms. The number of esters is 2. The van der Waals surface area contributed by atoms with Crippen molar-refractivity contribution in [2.24, 2.45) is 0 Å². The Morgan fingerprint density at radius 3 is 1.19 bits per heavy atom. The zero-order valence-corrected chi connectivity index (χ0v) is 25.3. The lowest BCUT2D eigenvalue weighted by Gasteiger charge is -2.39. The summed E-state index contributed by atoms with van der Waals surface area (Å²) >= 11 is 0. The second kappa shape index (κ2) is 12.1. The van der Waals surface area contributed by atoms with Crippen LogP contribution in [-0.2, 0) is 28.5 Å². The third kappa shape index (κ3) is 13.9. The molecule has 0 radical (unpaired) electrons. The van der Waals surface area contributed by atoms with Crippen molar-refractivity contribution in [2.75, 3.05) is 13.2 Å². The van der Waals surface area contributed by atoms with Gasteiger partial charge in [0.2, 0.25) is 0 Å². The van der Waals surface area contributed by atoms with Crippen molar-refractivity contribution in [1.82, 2.24) is 5.32 Å². The molecule has 0 spiro atoms. The Kier molecular flexibility index (Phi) is 11.1. The van der Waals surface area contributed by atoms with Crippen molar-refractivity contribution in [1.29, 1.82) is 0 Å². The quantitative estimate of drug-likeness (QED) is 0.391. The summed E-state index contributed by atoms with van der Waals surface area (Å²) < 4.78 is 24.0. The normalized spacial score (nSPS) is 28.0. The van der Waals surface area contributed by atoms with E-state index in [9.17, 15) is 9.59 Å². The van der Waals surface area contributed by atoms with E-state index in [0.717, 1.165) is 12.8 Å². The summed E-state index contributed by atoms with van der Waals surface area (Å²) in [5.74, 6) is -0.549. The first-order chi connectivity index (χ1) is 16.0. The second-order valence-corrected chi connectivity index (χ2v) is 14.3. The predicted molar refractivity (Wildman–Crippen MR) is 144 cm³/mol. The number of carbonyl (C=O) groups excluding carboxylic acids is 2. The van der Waals surface area contributed by atoms with Gasteiger partial charge in [0, 0.05) is 43.6 Å². The van der Waals surface area contributed by atoms with Crippen molar-refractivity contribution in [3.05, 3.63) is 0 Å². The predicted octanol–water partition coefficient (Wildman–Crippen LogP) is 6.11. The fourth-order valence-corrected chi connectivity index (χ4v) is 4.97. The van der Waals surface area contributed by atoms with Gasteiger partial charge in [0.1, 0.15) is 11.2 Å². The molecule has 1 fully saturated rings. The highest BCUT2D eigenvalue weighted by Gasteiger charge is 2.36. The van der Waals surface area contributed by atoms with Gasteiger partial charge in [-0.05, 0) is 109 Å². The van der Waals surface area contributed by atoms with Gasteiger partial charge >= 0.3 is 11.9 Å². The maximum absolute atomic E-state index is 12.6. The average molecular weight is 514 g/mol. The third-order valence-electron chi connectivity index (χ3n) is 6.61. The van der Waals surface area contributed by atoms with Gasteiger partial charge in [0.15, 0.2) is 0 Å². The highest BCUT2D eigenvalue weighted by atomic mass is 16.6. The molecular formula is C29H55NO6. The SMILES string of the molecule is CC1(C)CCOC(C)(C)CCC(=O)OC(C)(C)CC(C)(C)OC(=O)CCC(C)(C)OCCC(C)(C)N1. The molecule has 212 valence electrons. The lowest BCUT2D eigenvalue weighted by atomic mass is 9.91. The molecule has 0 aromatic carbocycles. The standard InChI is InChI=1S/C29H55NO6/c1-24(2)17-19-33-26(5,6)15-13-22(31)35-28(9,10)21-29(11,12)36-23(32)14-16-27(7,8)34-20-18-25(3,4)30-24/h30H,13-21H2,1-12H3. The molecule has 0 saturated carbocycles. The van der Waals surface area contributed by atoms with Crippen LogP contribution in [0.3, 0.4) is 0 Å². The zero-order chi connectivity index (χ0) is 28.1. The van der Waals surface area contributed by atoms with Gasteiger partial charge in [-0.15, -0.1) is 0 Å². The van der Waals surface area contributed by atoms with Gasteiger partial charge in [0.25, 0.3) is 0 Å². The van der Waals surface area contributed by atoms with Crippen LogP contribution in [0.25, 0.3) is 0 Å². The first-order valence-electron chi connectivity index (χ1n) is 13.5. The zero-order valence-electron chi connectivity index (χ0n) is 25.3. The monoisotopic (exact) mass is 513 g/mol. The lowest BCUT2D eigenvalue weighted by Crippen LogP contribution is -2.53. The summed E-state index contributed by atoms with van der Waals surface area (Å²) in [7, 11) is 0. The molecule has 0 aromatic heterocycles. The van der Waals surface area contributed by atoms with E-state index in [1.54, 1.807) is 0 Å². The molecule has 1 aliphatic rings. The summed E-state index contributed by atoms with van der Waals surface area (Å²) in [5, 5.41) is 3.75. The number of cyclic esters (lactones) is 2. The first kappa shape index (κ1) is 32.8. The first-order valence-corrected chi connectivity index (χ1v) is 13.5. The number of nitrogens with one attached hydrogen (secondary N) is 1. The smallest absolute Gasteiger partial charge is 0.306 e. The summed E-state index contributed by atoms with van der Waals surface area (Å²) in [6.45, 7) is 25.4. The van der Waals surface area contributed by atoms with Crippen LogP contribution in [0.4, 0.5) is 0 Å². The maximum atomic E-state index is 12.6. The molecule has 1 heterocycles. The number of carbonyl (C=O) groups is 2. The van der Waals surface area contributed by atoms with Crippen molar-refractivity contribution in [3.8, 4) is 0 Å². The molecule has 1 rings (SSSR count). The maximum Gasteiger partial charge on any atom is 0.306 e. The summed E-state index contributed by atoms with van der Waals surface area (Å²) in [4.78, 5) is 25.3. The fourth-order valence-electron chi connectivity index (χ4n) is 4.97. The van der Waals surface area contributed by atoms with Crippen LogP contribution in [0.2, 0.25) is 0 Å². The van der Waals surface area contributed by atoms with Crippen LogP contribution in [0, 0.1) is 0 Å². The Bertz CT molecular complexity index is 676. The van der Waals surface area contributed by atoms with Crippen molar-refractivity contribution >= 4 is 11.9 Å². The van der Waals surface area contributed by atoms with Crippen LogP contribution in [0.5, 0.6) is 0 Å². The van der Waals surface area contributed by atoms with Gasteiger partial charge in [-0.3, -0.25) is 9.59 Å². The second-order valence-electron chi connectivity index (χ2n) is 14.3. The minimum absolute atomic E-state index is 0.133. The molecule has 0 bridgehead atoms. The van der Waals surface area contributed by atoms with E-state index in [-0.39, 0.29) is 35.9 Å². The summed E-state index contributed by atoms with van der Waals surface area (Å²) in [5.41, 5.74) is -2.70. The highest BCUT2D eigenvalue weighted by Crippen LogP contribution is 2.29. The Labute approximate surface area is 220 Å². The van der Waals surface area contributed by atoms with Gasteiger partial charge < -0.3 is 24.3 Å². The molecule has 0 aliphatic carbocycles. The molecule has 0 aromatic rings. The van der Waals surface area contributed by atoms with Crippen molar-refractivity contribution in [3.63, 3.8) is 0 Å². The molecule has 1 aliphatic heterocycles. The van der Waals surface area contributed by atoms with Crippen LogP contribution in [0.15, 0.2) is 0 Å². The number of rotatable bonds is 0. The Morgan fingerprint density at radius 2 is 0.861 bits per heavy atom.